The maximum Gasteiger partial charge on any atom is 0.268 e. The molecule has 2 N–H and O–H groups in total. The number of hydrogen-bond donors (Lipinski definition) is 2. The summed E-state index contributed by atoms with van der Waals surface area (Å²) in [5, 5.41) is 15.3. The topological polar surface area (TPSA) is 62.2 Å². The van der Waals surface area contributed by atoms with Crippen molar-refractivity contribution in [1.29, 1.82) is 0 Å². The van der Waals surface area contributed by atoms with E-state index in [2.05, 4.69) is 10.3 Å². The molecule has 1 atom stereocenters. The van der Waals surface area contributed by atoms with Crippen LogP contribution in [0.15, 0.2) is 35.8 Å². The number of aliphatic hydroxyl groups is 1. The Morgan fingerprint density at radius 2 is 2.19 bits per heavy atom. The molecule has 0 aliphatic carbocycles. The lowest BCUT2D eigenvalue weighted by Gasteiger charge is -2.17. The largest absolute Gasteiger partial charge is 0.370 e. The Kier molecular flexibility index (Phi) is 1.86. The van der Waals surface area contributed by atoms with Crippen molar-refractivity contribution in [1.82, 2.24) is 4.98 Å². The number of hydrogen-bond acceptors (Lipinski definition) is 4. The molecule has 2 aromatic rings. The van der Waals surface area contributed by atoms with E-state index in [4.69, 9.17) is 0 Å². The number of thiazole rings is 1. The third-order valence-corrected chi connectivity index (χ3v) is 3.52. The first-order valence-corrected chi connectivity index (χ1v) is 5.64. The van der Waals surface area contributed by atoms with Gasteiger partial charge in [-0.25, -0.2) is 4.98 Å². The van der Waals surface area contributed by atoms with Crippen LogP contribution in [0, 0.1) is 0 Å². The average molecular weight is 232 g/mol. The Balaban J connectivity index is 2.25. The molecule has 1 aromatic heterocycles. The van der Waals surface area contributed by atoms with Gasteiger partial charge in [-0.3, -0.25) is 4.79 Å². The molecule has 4 nitrogen and oxygen atoms in total. The molecule has 1 aliphatic heterocycles. The quantitative estimate of drug-likeness (QED) is 0.779. The van der Waals surface area contributed by atoms with Gasteiger partial charge in [-0.2, -0.15) is 0 Å². The Labute approximate surface area is 95.6 Å². The van der Waals surface area contributed by atoms with E-state index < -0.39 is 11.5 Å². The van der Waals surface area contributed by atoms with Gasteiger partial charge in [0.1, 0.15) is 5.01 Å². The summed E-state index contributed by atoms with van der Waals surface area (Å²) in [4.78, 5) is 15.9. The molecule has 1 aliphatic rings. The molecule has 1 aromatic carbocycles. The number of aromatic nitrogens is 1. The molecule has 0 saturated heterocycles. The number of benzene rings is 1. The lowest BCUT2D eigenvalue weighted by Crippen LogP contribution is -2.35. The highest BCUT2D eigenvalue weighted by atomic mass is 32.1. The molecule has 0 spiro atoms. The SMILES string of the molecule is O=C1Nc2ccccc2[C@@]1(O)c1nccs1. The highest BCUT2D eigenvalue weighted by molar-refractivity contribution is 7.09. The van der Waals surface area contributed by atoms with Gasteiger partial charge in [-0.05, 0) is 6.07 Å². The fraction of sp³-hybridized carbons (Fsp3) is 0.0909. The van der Waals surface area contributed by atoms with Crippen molar-refractivity contribution >= 4 is 22.9 Å². The monoisotopic (exact) mass is 232 g/mol. The van der Waals surface area contributed by atoms with Crippen molar-refractivity contribution in [2.24, 2.45) is 0 Å². The number of nitrogens with one attached hydrogen (secondary N) is 1. The molecular formula is C11H8N2O2S. The molecule has 0 unspecified atom stereocenters. The van der Waals surface area contributed by atoms with Crippen LogP contribution in [0.5, 0.6) is 0 Å². The maximum atomic E-state index is 11.9. The molecular weight excluding hydrogens is 224 g/mol. The molecule has 3 rings (SSSR count). The predicted octanol–water partition coefficient (Wildman–Crippen LogP) is 1.33. The summed E-state index contributed by atoms with van der Waals surface area (Å²) >= 11 is 1.26. The highest BCUT2D eigenvalue weighted by Gasteiger charge is 2.48. The van der Waals surface area contributed by atoms with E-state index in [9.17, 15) is 9.90 Å². The second kappa shape index (κ2) is 3.13. The summed E-state index contributed by atoms with van der Waals surface area (Å²) in [6.45, 7) is 0. The second-order valence-corrected chi connectivity index (χ2v) is 4.44. The normalized spacial score (nSPS) is 22.9. The van der Waals surface area contributed by atoms with E-state index in [1.54, 1.807) is 29.8 Å². The third kappa shape index (κ3) is 1.07. The fourth-order valence-electron chi connectivity index (χ4n) is 1.86. The number of amides is 1. The molecule has 5 heteroatoms. The number of carbonyl (C=O) groups is 1. The fourth-order valence-corrected chi connectivity index (χ4v) is 2.60. The predicted molar refractivity (Wildman–Crippen MR) is 60.2 cm³/mol. The number of para-hydroxylation sites is 1. The summed E-state index contributed by atoms with van der Waals surface area (Å²) in [5.41, 5.74) is -0.426. The van der Waals surface area contributed by atoms with Gasteiger partial charge in [-0.15, -0.1) is 11.3 Å². The second-order valence-electron chi connectivity index (χ2n) is 3.55. The molecule has 0 saturated carbocycles. The van der Waals surface area contributed by atoms with Crippen molar-refractivity contribution in [2.75, 3.05) is 5.32 Å². The van der Waals surface area contributed by atoms with Crippen LogP contribution in [0.25, 0.3) is 0 Å². The smallest absolute Gasteiger partial charge is 0.268 e. The van der Waals surface area contributed by atoms with Crippen LogP contribution in [0.3, 0.4) is 0 Å². The zero-order chi connectivity index (χ0) is 11.2. The number of carbonyl (C=O) groups excluding carboxylic acids is 1. The molecule has 80 valence electrons. The van der Waals surface area contributed by atoms with Crippen molar-refractivity contribution in [2.45, 2.75) is 5.60 Å². The van der Waals surface area contributed by atoms with E-state index in [1.807, 2.05) is 6.07 Å². The Morgan fingerprint density at radius 3 is 2.94 bits per heavy atom. The van der Waals surface area contributed by atoms with E-state index in [0.29, 0.717) is 16.3 Å². The molecule has 0 bridgehead atoms. The lowest BCUT2D eigenvalue weighted by molar-refractivity contribution is -0.129. The van der Waals surface area contributed by atoms with Crippen molar-refractivity contribution < 1.29 is 9.90 Å². The van der Waals surface area contributed by atoms with E-state index in [-0.39, 0.29) is 0 Å². The Morgan fingerprint density at radius 1 is 1.38 bits per heavy atom. The van der Waals surface area contributed by atoms with Crippen molar-refractivity contribution in [3.05, 3.63) is 46.4 Å². The molecule has 2 heterocycles. The van der Waals surface area contributed by atoms with Gasteiger partial charge in [-0.1, -0.05) is 18.2 Å². The summed E-state index contributed by atoms with van der Waals surface area (Å²) < 4.78 is 0. The van der Waals surface area contributed by atoms with Crippen molar-refractivity contribution in [3.63, 3.8) is 0 Å². The van der Waals surface area contributed by atoms with Gasteiger partial charge in [0.15, 0.2) is 0 Å². The van der Waals surface area contributed by atoms with Crippen LogP contribution in [0.2, 0.25) is 0 Å². The molecule has 0 fully saturated rings. The van der Waals surface area contributed by atoms with Crippen LogP contribution < -0.4 is 5.32 Å². The van der Waals surface area contributed by atoms with Gasteiger partial charge >= 0.3 is 0 Å². The van der Waals surface area contributed by atoms with Gasteiger partial charge in [0.25, 0.3) is 5.91 Å². The first kappa shape index (κ1) is 9.50. The molecule has 16 heavy (non-hydrogen) atoms. The van der Waals surface area contributed by atoms with Gasteiger partial charge in [0.2, 0.25) is 5.60 Å². The van der Waals surface area contributed by atoms with Gasteiger partial charge < -0.3 is 10.4 Å². The first-order chi connectivity index (χ1) is 7.73. The van der Waals surface area contributed by atoms with Gasteiger partial charge in [0.05, 0.1) is 0 Å². The third-order valence-electron chi connectivity index (χ3n) is 2.64. The maximum absolute atomic E-state index is 11.9. The highest BCUT2D eigenvalue weighted by Crippen LogP contribution is 2.41. The zero-order valence-corrected chi connectivity index (χ0v) is 8.99. The number of fused-ring (bicyclic) bond motifs is 1. The van der Waals surface area contributed by atoms with Crippen LogP contribution in [-0.2, 0) is 10.4 Å². The average Bonchev–Trinajstić information content (AvgIpc) is 2.89. The minimum absolute atomic E-state index is 0.398. The number of nitrogens with zero attached hydrogens (tertiary/aromatic N) is 1. The minimum Gasteiger partial charge on any atom is -0.370 e. The lowest BCUT2D eigenvalue weighted by atomic mass is 9.96. The Hall–Kier alpha value is -1.72. The van der Waals surface area contributed by atoms with Gasteiger partial charge in [0, 0.05) is 22.8 Å². The van der Waals surface area contributed by atoms with Crippen LogP contribution in [0.4, 0.5) is 5.69 Å². The van der Waals surface area contributed by atoms with E-state index in [1.165, 1.54) is 11.3 Å². The summed E-state index contributed by atoms with van der Waals surface area (Å²) in [7, 11) is 0. The molecule has 1 amide bonds. The van der Waals surface area contributed by atoms with Crippen LogP contribution in [0.1, 0.15) is 10.6 Å². The van der Waals surface area contributed by atoms with Crippen LogP contribution in [-0.4, -0.2) is 16.0 Å². The Bertz CT molecular complexity index is 553. The number of rotatable bonds is 1. The molecule has 0 radical (unpaired) electrons. The summed E-state index contributed by atoms with van der Waals surface area (Å²) in [5.74, 6) is -0.441. The summed E-state index contributed by atoms with van der Waals surface area (Å²) in [6, 6.07) is 7.10. The van der Waals surface area contributed by atoms with E-state index >= 15 is 0 Å². The number of anilines is 1. The van der Waals surface area contributed by atoms with E-state index in [0.717, 1.165) is 0 Å². The minimum atomic E-state index is -1.63. The first-order valence-electron chi connectivity index (χ1n) is 4.76. The zero-order valence-electron chi connectivity index (χ0n) is 8.18. The van der Waals surface area contributed by atoms with Crippen molar-refractivity contribution in [3.8, 4) is 0 Å². The summed E-state index contributed by atoms with van der Waals surface area (Å²) in [6.07, 6.45) is 1.58. The standard InChI is InChI=1S/C11H8N2O2S/c14-9-11(15,10-12-5-6-16-10)7-3-1-2-4-8(7)13-9/h1-6,15H,(H,13,14)/t11-/m0/s1. The van der Waals surface area contributed by atoms with Crippen LogP contribution >= 0.6 is 11.3 Å².